The number of pyridine rings is 1. The lowest BCUT2D eigenvalue weighted by molar-refractivity contribution is 0.509. The lowest BCUT2D eigenvalue weighted by Crippen LogP contribution is -2.31. The van der Waals surface area contributed by atoms with Crippen molar-refractivity contribution in [3.8, 4) is 0 Å². The van der Waals surface area contributed by atoms with Crippen LogP contribution < -0.4 is 10.6 Å². The number of anilines is 2. The van der Waals surface area contributed by atoms with Gasteiger partial charge in [0.15, 0.2) is 0 Å². The maximum atomic E-state index is 6.13. The van der Waals surface area contributed by atoms with Crippen LogP contribution in [-0.4, -0.2) is 17.6 Å². The first-order valence-electron chi connectivity index (χ1n) is 5.71. The molecular weight excluding hydrogens is 257 g/mol. The van der Waals surface area contributed by atoms with Crippen LogP contribution in [0.1, 0.15) is 33.6 Å². The van der Waals surface area contributed by atoms with Crippen molar-refractivity contribution < 1.29 is 0 Å². The second kappa shape index (κ2) is 5.78. The van der Waals surface area contributed by atoms with Gasteiger partial charge in [-0.3, -0.25) is 0 Å². The SMILES string of the molecule is CCCC(C)(C)Nc1nc(NC)c(Cl)cc1Cl. The molecule has 0 saturated carbocycles. The zero-order chi connectivity index (χ0) is 13.1. The van der Waals surface area contributed by atoms with Crippen LogP contribution in [0.4, 0.5) is 11.6 Å². The van der Waals surface area contributed by atoms with Crippen molar-refractivity contribution in [2.45, 2.75) is 39.2 Å². The fourth-order valence-corrected chi connectivity index (χ4v) is 2.24. The maximum absolute atomic E-state index is 6.13. The third kappa shape index (κ3) is 3.93. The minimum absolute atomic E-state index is 0.0375. The van der Waals surface area contributed by atoms with Gasteiger partial charge in [0.25, 0.3) is 0 Å². The molecule has 3 nitrogen and oxygen atoms in total. The molecule has 0 amide bonds. The number of aromatic nitrogens is 1. The van der Waals surface area contributed by atoms with E-state index in [9.17, 15) is 0 Å². The highest BCUT2D eigenvalue weighted by molar-refractivity contribution is 6.37. The summed E-state index contributed by atoms with van der Waals surface area (Å²) in [5.41, 5.74) is -0.0375. The molecule has 0 aliphatic carbocycles. The summed E-state index contributed by atoms with van der Waals surface area (Å²) >= 11 is 12.1. The quantitative estimate of drug-likeness (QED) is 0.835. The van der Waals surface area contributed by atoms with Gasteiger partial charge >= 0.3 is 0 Å². The summed E-state index contributed by atoms with van der Waals surface area (Å²) in [7, 11) is 1.78. The van der Waals surface area contributed by atoms with Gasteiger partial charge < -0.3 is 10.6 Å². The molecule has 1 aromatic rings. The number of hydrogen-bond donors (Lipinski definition) is 2. The van der Waals surface area contributed by atoms with Crippen molar-refractivity contribution in [1.29, 1.82) is 0 Å². The molecule has 0 radical (unpaired) electrons. The first-order chi connectivity index (χ1) is 7.89. The van der Waals surface area contributed by atoms with E-state index in [-0.39, 0.29) is 5.54 Å². The largest absolute Gasteiger partial charge is 0.372 e. The third-order valence-electron chi connectivity index (χ3n) is 2.50. The summed E-state index contributed by atoms with van der Waals surface area (Å²) < 4.78 is 0. The second-order valence-corrected chi connectivity index (χ2v) is 5.47. The highest BCUT2D eigenvalue weighted by atomic mass is 35.5. The van der Waals surface area contributed by atoms with Crippen molar-refractivity contribution in [3.63, 3.8) is 0 Å². The van der Waals surface area contributed by atoms with Gasteiger partial charge in [-0.25, -0.2) is 4.98 Å². The van der Waals surface area contributed by atoms with E-state index < -0.39 is 0 Å². The fourth-order valence-electron chi connectivity index (χ4n) is 1.74. The summed E-state index contributed by atoms with van der Waals surface area (Å²) in [6.07, 6.45) is 2.15. The molecule has 0 aliphatic heterocycles. The summed E-state index contributed by atoms with van der Waals surface area (Å²) in [5.74, 6) is 1.30. The zero-order valence-electron chi connectivity index (χ0n) is 10.7. The lowest BCUT2D eigenvalue weighted by Gasteiger charge is -2.27. The van der Waals surface area contributed by atoms with Crippen LogP contribution in [0.25, 0.3) is 0 Å². The molecule has 0 aromatic carbocycles. The monoisotopic (exact) mass is 275 g/mol. The molecule has 0 unspecified atom stereocenters. The third-order valence-corrected chi connectivity index (χ3v) is 3.07. The Balaban J connectivity index is 2.98. The minimum atomic E-state index is -0.0375. The van der Waals surface area contributed by atoms with E-state index in [1.165, 1.54) is 0 Å². The zero-order valence-corrected chi connectivity index (χ0v) is 12.2. The number of halogens is 2. The molecule has 0 saturated heterocycles. The van der Waals surface area contributed by atoms with Gasteiger partial charge in [-0.15, -0.1) is 0 Å². The molecule has 96 valence electrons. The van der Waals surface area contributed by atoms with Crippen LogP contribution in [0.15, 0.2) is 6.07 Å². The topological polar surface area (TPSA) is 37.0 Å². The normalized spacial score (nSPS) is 11.4. The van der Waals surface area contributed by atoms with E-state index >= 15 is 0 Å². The van der Waals surface area contributed by atoms with Gasteiger partial charge in [-0.05, 0) is 26.3 Å². The molecule has 1 rings (SSSR count). The van der Waals surface area contributed by atoms with Crippen molar-refractivity contribution in [1.82, 2.24) is 4.98 Å². The Morgan fingerprint density at radius 1 is 1.24 bits per heavy atom. The minimum Gasteiger partial charge on any atom is -0.372 e. The molecule has 5 heteroatoms. The molecule has 1 heterocycles. The Labute approximate surface area is 113 Å². The Morgan fingerprint density at radius 3 is 2.35 bits per heavy atom. The van der Waals surface area contributed by atoms with Crippen molar-refractivity contribution in [3.05, 3.63) is 16.1 Å². The van der Waals surface area contributed by atoms with Gasteiger partial charge in [0, 0.05) is 12.6 Å². The van der Waals surface area contributed by atoms with Crippen LogP contribution in [0.5, 0.6) is 0 Å². The molecule has 1 aromatic heterocycles. The molecule has 2 N–H and O–H groups in total. The summed E-state index contributed by atoms with van der Waals surface area (Å²) in [5, 5.41) is 7.35. The highest BCUT2D eigenvalue weighted by Gasteiger charge is 2.19. The van der Waals surface area contributed by atoms with Crippen LogP contribution in [0.2, 0.25) is 10.0 Å². The van der Waals surface area contributed by atoms with E-state index in [1.54, 1.807) is 13.1 Å². The Kier molecular flexibility index (Phi) is 4.90. The number of rotatable bonds is 5. The Hall–Kier alpha value is -0.670. The van der Waals surface area contributed by atoms with Gasteiger partial charge in [0.05, 0.1) is 10.0 Å². The molecule has 0 atom stereocenters. The summed E-state index contributed by atoms with van der Waals surface area (Å²) in [6, 6.07) is 1.70. The molecule has 0 fully saturated rings. The average molecular weight is 276 g/mol. The van der Waals surface area contributed by atoms with Gasteiger partial charge in [0.1, 0.15) is 11.6 Å². The standard InChI is InChI=1S/C12H19Cl2N3/c1-5-6-12(2,3)17-11-9(14)7-8(13)10(15-4)16-11/h7H,5-6H2,1-4H3,(H2,15,16,17). The summed E-state index contributed by atoms with van der Waals surface area (Å²) in [6.45, 7) is 6.41. The number of nitrogens with one attached hydrogen (secondary N) is 2. The van der Waals surface area contributed by atoms with Crippen LogP contribution >= 0.6 is 23.2 Å². The number of hydrogen-bond acceptors (Lipinski definition) is 3. The van der Waals surface area contributed by atoms with Gasteiger partial charge in [0.2, 0.25) is 0 Å². The lowest BCUT2D eigenvalue weighted by atomic mass is 9.99. The first-order valence-corrected chi connectivity index (χ1v) is 6.47. The van der Waals surface area contributed by atoms with Crippen LogP contribution in [-0.2, 0) is 0 Å². The highest BCUT2D eigenvalue weighted by Crippen LogP contribution is 2.31. The smallest absolute Gasteiger partial charge is 0.147 e. The van der Waals surface area contributed by atoms with Crippen molar-refractivity contribution in [2.75, 3.05) is 17.7 Å². The Morgan fingerprint density at radius 2 is 1.82 bits per heavy atom. The molecule has 17 heavy (non-hydrogen) atoms. The van der Waals surface area contributed by atoms with E-state index in [0.29, 0.717) is 21.7 Å². The fraction of sp³-hybridized carbons (Fsp3) is 0.583. The van der Waals surface area contributed by atoms with Crippen LogP contribution in [0, 0.1) is 0 Å². The van der Waals surface area contributed by atoms with Crippen molar-refractivity contribution >= 4 is 34.8 Å². The van der Waals surface area contributed by atoms with Crippen LogP contribution in [0.3, 0.4) is 0 Å². The predicted octanol–water partition coefficient (Wildman–Crippen LogP) is 4.42. The molecule has 0 aliphatic rings. The average Bonchev–Trinajstić information content (AvgIpc) is 2.21. The van der Waals surface area contributed by atoms with Gasteiger partial charge in [-0.2, -0.15) is 0 Å². The van der Waals surface area contributed by atoms with E-state index in [4.69, 9.17) is 23.2 Å². The maximum Gasteiger partial charge on any atom is 0.147 e. The van der Waals surface area contributed by atoms with E-state index in [1.807, 2.05) is 0 Å². The predicted molar refractivity (Wildman–Crippen MR) is 76.4 cm³/mol. The first kappa shape index (κ1) is 14.4. The second-order valence-electron chi connectivity index (χ2n) is 4.66. The molecule has 0 spiro atoms. The summed E-state index contributed by atoms with van der Waals surface area (Å²) in [4.78, 5) is 4.37. The van der Waals surface area contributed by atoms with Gasteiger partial charge in [-0.1, -0.05) is 36.5 Å². The number of nitrogens with zero attached hydrogens (tertiary/aromatic N) is 1. The van der Waals surface area contributed by atoms with Crippen molar-refractivity contribution in [2.24, 2.45) is 0 Å². The Bertz CT molecular complexity index is 392. The molecular formula is C12H19Cl2N3. The van der Waals surface area contributed by atoms with E-state index in [0.717, 1.165) is 12.8 Å². The molecule has 0 bridgehead atoms. The van der Waals surface area contributed by atoms with E-state index in [2.05, 4.69) is 36.4 Å².